The van der Waals surface area contributed by atoms with Gasteiger partial charge in [-0.15, -0.1) is 0 Å². The summed E-state index contributed by atoms with van der Waals surface area (Å²) >= 11 is 0. The number of hydrogen-bond acceptors (Lipinski definition) is 7. The topological polar surface area (TPSA) is 118 Å². The summed E-state index contributed by atoms with van der Waals surface area (Å²) in [4.78, 5) is 22.0. The van der Waals surface area contributed by atoms with Crippen molar-refractivity contribution in [3.8, 4) is 23.1 Å². The lowest BCUT2D eigenvalue weighted by Gasteiger charge is -2.21. The van der Waals surface area contributed by atoms with Crippen LogP contribution in [0.2, 0.25) is 0 Å². The predicted octanol–water partition coefficient (Wildman–Crippen LogP) is 6.23. The SMILES string of the molecule is COc1cccc([C@@H](C)NC(=O)c2cccc(Nc3nccc(-c4cnn(C(CC#N)C5CCCC5)c4)n3)c2)c1. The van der Waals surface area contributed by atoms with Crippen molar-refractivity contribution >= 4 is 17.5 Å². The highest BCUT2D eigenvalue weighted by Crippen LogP contribution is 2.36. The average Bonchev–Trinajstić information content (AvgIpc) is 3.70. The molecule has 2 aromatic heterocycles. The van der Waals surface area contributed by atoms with E-state index >= 15 is 0 Å². The Hall–Kier alpha value is -4.71. The Labute approximate surface area is 234 Å². The second kappa shape index (κ2) is 12.4. The highest BCUT2D eigenvalue weighted by molar-refractivity contribution is 5.95. The predicted molar refractivity (Wildman–Crippen MR) is 153 cm³/mol. The zero-order valence-corrected chi connectivity index (χ0v) is 22.7. The average molecular weight is 536 g/mol. The lowest BCUT2D eigenvalue weighted by atomic mass is 9.96. The fraction of sp³-hybridized carbons (Fsp3) is 0.323. The van der Waals surface area contributed by atoms with Gasteiger partial charge >= 0.3 is 0 Å². The minimum atomic E-state index is -0.193. The summed E-state index contributed by atoms with van der Waals surface area (Å²) in [6.07, 6.45) is 10.6. The van der Waals surface area contributed by atoms with Crippen LogP contribution >= 0.6 is 0 Å². The molecule has 0 saturated heterocycles. The van der Waals surface area contributed by atoms with Crippen molar-refractivity contribution in [2.75, 3.05) is 12.4 Å². The molecule has 9 heteroatoms. The normalized spacial score (nSPS) is 14.7. The number of nitriles is 1. The quantitative estimate of drug-likeness (QED) is 0.247. The summed E-state index contributed by atoms with van der Waals surface area (Å²) in [5.41, 5.74) is 3.77. The number of hydrogen-bond donors (Lipinski definition) is 2. The molecule has 204 valence electrons. The number of methoxy groups -OCH3 is 1. The number of carbonyl (C=O) groups excluding carboxylic acids is 1. The van der Waals surface area contributed by atoms with Crippen molar-refractivity contribution in [2.45, 2.75) is 51.1 Å². The molecular formula is C31H33N7O2. The van der Waals surface area contributed by atoms with Crippen LogP contribution in [0.25, 0.3) is 11.3 Å². The zero-order valence-electron chi connectivity index (χ0n) is 22.7. The Morgan fingerprint density at radius 2 is 2.00 bits per heavy atom. The van der Waals surface area contributed by atoms with E-state index in [0.717, 1.165) is 35.4 Å². The minimum Gasteiger partial charge on any atom is -0.497 e. The fourth-order valence-corrected chi connectivity index (χ4v) is 5.28. The van der Waals surface area contributed by atoms with Crippen LogP contribution in [0.3, 0.4) is 0 Å². The molecule has 2 aromatic carbocycles. The third-order valence-corrected chi connectivity index (χ3v) is 7.46. The number of aromatic nitrogens is 4. The fourth-order valence-electron chi connectivity index (χ4n) is 5.28. The van der Waals surface area contributed by atoms with Crippen LogP contribution in [0.1, 0.15) is 67.0 Å². The molecule has 4 aromatic rings. The van der Waals surface area contributed by atoms with E-state index in [2.05, 4.69) is 31.8 Å². The lowest BCUT2D eigenvalue weighted by Crippen LogP contribution is -2.26. The van der Waals surface area contributed by atoms with Crippen LogP contribution in [0.4, 0.5) is 11.6 Å². The second-order valence-corrected chi connectivity index (χ2v) is 10.1. The Morgan fingerprint density at radius 1 is 1.18 bits per heavy atom. The van der Waals surface area contributed by atoms with E-state index in [9.17, 15) is 10.1 Å². The molecule has 1 aliphatic rings. The molecule has 1 unspecified atom stereocenters. The number of rotatable bonds is 10. The number of carbonyl (C=O) groups is 1. The van der Waals surface area contributed by atoms with Gasteiger partial charge in [-0.05, 0) is 67.6 Å². The Balaban J connectivity index is 1.27. The van der Waals surface area contributed by atoms with Crippen molar-refractivity contribution in [1.82, 2.24) is 25.1 Å². The molecule has 9 nitrogen and oxygen atoms in total. The van der Waals surface area contributed by atoms with E-state index in [1.165, 1.54) is 12.8 Å². The largest absolute Gasteiger partial charge is 0.497 e. The van der Waals surface area contributed by atoms with E-state index in [4.69, 9.17) is 4.74 Å². The summed E-state index contributed by atoms with van der Waals surface area (Å²) in [6, 6.07) is 18.9. The van der Waals surface area contributed by atoms with Crippen molar-refractivity contribution in [3.63, 3.8) is 0 Å². The molecule has 2 heterocycles. The van der Waals surface area contributed by atoms with Gasteiger partial charge in [-0.1, -0.05) is 31.0 Å². The van der Waals surface area contributed by atoms with Crippen LogP contribution in [-0.2, 0) is 0 Å². The van der Waals surface area contributed by atoms with Gasteiger partial charge < -0.3 is 15.4 Å². The molecule has 40 heavy (non-hydrogen) atoms. The first-order chi connectivity index (χ1) is 19.5. The molecule has 1 saturated carbocycles. The van der Waals surface area contributed by atoms with Crippen molar-refractivity contribution in [2.24, 2.45) is 5.92 Å². The van der Waals surface area contributed by atoms with E-state index in [1.54, 1.807) is 31.6 Å². The third-order valence-electron chi connectivity index (χ3n) is 7.46. The van der Waals surface area contributed by atoms with E-state index in [-0.39, 0.29) is 18.0 Å². The van der Waals surface area contributed by atoms with Crippen LogP contribution in [-0.4, -0.2) is 32.8 Å². The van der Waals surface area contributed by atoms with Crippen LogP contribution in [0.5, 0.6) is 5.75 Å². The maximum Gasteiger partial charge on any atom is 0.251 e. The highest BCUT2D eigenvalue weighted by atomic mass is 16.5. The van der Waals surface area contributed by atoms with Crippen molar-refractivity contribution in [1.29, 1.82) is 5.26 Å². The number of nitrogens with zero attached hydrogens (tertiary/aromatic N) is 5. The maximum atomic E-state index is 13.0. The van der Waals surface area contributed by atoms with E-state index in [1.807, 2.05) is 60.3 Å². The first-order valence-electron chi connectivity index (χ1n) is 13.6. The Kier molecular flexibility index (Phi) is 8.35. The van der Waals surface area contributed by atoms with Gasteiger partial charge in [0, 0.05) is 29.2 Å². The van der Waals surface area contributed by atoms with Crippen molar-refractivity contribution in [3.05, 3.63) is 84.3 Å². The number of amides is 1. The van der Waals surface area contributed by atoms with Gasteiger partial charge in [-0.2, -0.15) is 10.4 Å². The standard InChI is InChI=1S/C31H33N7O2/c1-21(23-9-6-12-27(18-23)40-2)35-30(39)24-10-5-11-26(17-24)36-31-33-16-14-28(37-31)25-19-34-38(20-25)29(13-15-32)22-7-3-4-8-22/h5-6,9-12,14,16-22,29H,3-4,7-8,13H2,1-2H3,(H,35,39)(H,33,36,37)/t21-,29?/m1/s1. The van der Waals surface area contributed by atoms with Gasteiger partial charge in [0.25, 0.3) is 5.91 Å². The van der Waals surface area contributed by atoms with Crippen molar-refractivity contribution < 1.29 is 9.53 Å². The third kappa shape index (κ3) is 6.29. The van der Waals surface area contributed by atoms with Gasteiger partial charge in [0.2, 0.25) is 5.95 Å². The summed E-state index contributed by atoms with van der Waals surface area (Å²) in [5, 5.41) is 20.2. The molecule has 0 aliphatic heterocycles. The zero-order chi connectivity index (χ0) is 27.9. The first kappa shape index (κ1) is 26.9. The molecule has 2 N–H and O–H groups in total. The molecule has 0 spiro atoms. The molecular weight excluding hydrogens is 502 g/mol. The highest BCUT2D eigenvalue weighted by Gasteiger charge is 2.27. The number of anilines is 2. The second-order valence-electron chi connectivity index (χ2n) is 10.1. The van der Waals surface area contributed by atoms with Gasteiger partial charge in [0.05, 0.1) is 43.6 Å². The summed E-state index contributed by atoms with van der Waals surface area (Å²) in [6.45, 7) is 1.94. The van der Waals surface area contributed by atoms with Crippen LogP contribution in [0, 0.1) is 17.2 Å². The minimum absolute atomic E-state index is 0.0845. The molecule has 5 rings (SSSR count). The van der Waals surface area contributed by atoms with Crippen LogP contribution < -0.4 is 15.4 Å². The Morgan fingerprint density at radius 3 is 2.80 bits per heavy atom. The Bertz CT molecular complexity index is 1500. The lowest BCUT2D eigenvalue weighted by molar-refractivity contribution is 0.0940. The van der Waals surface area contributed by atoms with E-state index in [0.29, 0.717) is 29.5 Å². The van der Waals surface area contributed by atoms with Gasteiger partial charge in [0.15, 0.2) is 0 Å². The smallest absolute Gasteiger partial charge is 0.251 e. The van der Waals surface area contributed by atoms with Gasteiger partial charge in [-0.3, -0.25) is 9.48 Å². The summed E-state index contributed by atoms with van der Waals surface area (Å²) in [7, 11) is 1.62. The monoisotopic (exact) mass is 535 g/mol. The molecule has 2 atom stereocenters. The molecule has 0 radical (unpaired) electrons. The summed E-state index contributed by atoms with van der Waals surface area (Å²) < 4.78 is 7.23. The molecule has 0 bridgehead atoms. The maximum absolute atomic E-state index is 13.0. The number of nitrogens with one attached hydrogen (secondary N) is 2. The first-order valence-corrected chi connectivity index (χ1v) is 13.6. The van der Waals surface area contributed by atoms with Gasteiger partial charge in [-0.25, -0.2) is 9.97 Å². The van der Waals surface area contributed by atoms with Gasteiger partial charge in [0.1, 0.15) is 5.75 Å². The molecule has 1 amide bonds. The molecule has 1 aliphatic carbocycles. The number of ether oxygens (including phenoxy) is 1. The number of benzene rings is 2. The summed E-state index contributed by atoms with van der Waals surface area (Å²) in [5.74, 6) is 1.46. The van der Waals surface area contributed by atoms with Crippen LogP contribution in [0.15, 0.2) is 73.2 Å². The van der Waals surface area contributed by atoms with E-state index < -0.39 is 0 Å². The molecule has 1 fully saturated rings.